The van der Waals surface area contributed by atoms with Crippen molar-refractivity contribution in [3.8, 4) is 0 Å². The molecule has 0 spiro atoms. The summed E-state index contributed by atoms with van der Waals surface area (Å²) >= 11 is 0. The summed E-state index contributed by atoms with van der Waals surface area (Å²) < 4.78 is 14.0. The molecule has 2 rings (SSSR count). The van der Waals surface area contributed by atoms with Gasteiger partial charge in [0.25, 0.3) is 0 Å². The third-order valence-corrected chi connectivity index (χ3v) is 4.64. The van der Waals surface area contributed by atoms with Gasteiger partial charge in [0, 0.05) is 25.3 Å². The standard InChI is InChI=1S/C18H29FN2/c1-5-9-20-14(3)16-11-17(19)13(2)10-18(16)21(4)12-15-7-6-8-15/h10-11,14-15,20H,5-9,12H2,1-4H3. The molecule has 21 heavy (non-hydrogen) atoms. The Hall–Kier alpha value is -1.09. The minimum absolute atomic E-state index is 0.101. The molecule has 1 N–H and O–H groups in total. The van der Waals surface area contributed by atoms with Gasteiger partial charge in [0.1, 0.15) is 5.82 Å². The van der Waals surface area contributed by atoms with Gasteiger partial charge in [-0.1, -0.05) is 13.3 Å². The monoisotopic (exact) mass is 292 g/mol. The molecular formula is C18H29FN2. The van der Waals surface area contributed by atoms with E-state index in [4.69, 9.17) is 0 Å². The highest BCUT2D eigenvalue weighted by atomic mass is 19.1. The number of nitrogens with zero attached hydrogens (tertiary/aromatic N) is 1. The Morgan fingerprint density at radius 3 is 2.67 bits per heavy atom. The maximum atomic E-state index is 14.0. The van der Waals surface area contributed by atoms with Crippen molar-refractivity contribution in [1.29, 1.82) is 0 Å². The Morgan fingerprint density at radius 2 is 2.10 bits per heavy atom. The van der Waals surface area contributed by atoms with Crippen LogP contribution in [0.15, 0.2) is 12.1 Å². The van der Waals surface area contributed by atoms with E-state index in [1.165, 1.54) is 24.9 Å². The molecule has 1 unspecified atom stereocenters. The highest BCUT2D eigenvalue weighted by Crippen LogP contribution is 2.32. The van der Waals surface area contributed by atoms with Crippen molar-refractivity contribution in [2.24, 2.45) is 5.92 Å². The number of nitrogens with one attached hydrogen (secondary N) is 1. The summed E-state index contributed by atoms with van der Waals surface area (Å²) in [5.41, 5.74) is 2.99. The van der Waals surface area contributed by atoms with Crippen LogP contribution in [0.5, 0.6) is 0 Å². The summed E-state index contributed by atoms with van der Waals surface area (Å²) in [6.45, 7) is 8.17. The average Bonchev–Trinajstić information content (AvgIpc) is 2.42. The van der Waals surface area contributed by atoms with Crippen molar-refractivity contribution < 1.29 is 4.39 Å². The molecule has 0 radical (unpaired) electrons. The molecule has 0 bridgehead atoms. The van der Waals surface area contributed by atoms with Crippen LogP contribution in [0.3, 0.4) is 0 Å². The molecule has 1 atom stereocenters. The van der Waals surface area contributed by atoms with E-state index in [-0.39, 0.29) is 11.9 Å². The van der Waals surface area contributed by atoms with E-state index < -0.39 is 0 Å². The van der Waals surface area contributed by atoms with Crippen molar-refractivity contribution >= 4 is 5.69 Å². The lowest BCUT2D eigenvalue weighted by Gasteiger charge is -2.33. The minimum atomic E-state index is -0.101. The Kier molecular flexibility index (Phi) is 5.63. The summed E-state index contributed by atoms with van der Waals surface area (Å²) in [7, 11) is 2.14. The molecule has 1 aliphatic carbocycles. The maximum absolute atomic E-state index is 14.0. The van der Waals surface area contributed by atoms with Crippen molar-refractivity contribution in [2.45, 2.75) is 52.5 Å². The normalized spacial score (nSPS) is 16.6. The van der Waals surface area contributed by atoms with Crippen LogP contribution in [-0.2, 0) is 0 Å². The Labute approximate surface area is 128 Å². The van der Waals surface area contributed by atoms with Crippen LogP contribution in [0.2, 0.25) is 0 Å². The van der Waals surface area contributed by atoms with E-state index in [0.717, 1.165) is 36.6 Å². The molecule has 0 aliphatic heterocycles. The largest absolute Gasteiger partial charge is 0.374 e. The van der Waals surface area contributed by atoms with E-state index in [2.05, 4.69) is 31.1 Å². The van der Waals surface area contributed by atoms with Gasteiger partial charge >= 0.3 is 0 Å². The van der Waals surface area contributed by atoms with Crippen LogP contribution in [0.25, 0.3) is 0 Å². The minimum Gasteiger partial charge on any atom is -0.374 e. The van der Waals surface area contributed by atoms with Gasteiger partial charge in [-0.3, -0.25) is 0 Å². The summed E-state index contributed by atoms with van der Waals surface area (Å²) in [6.07, 6.45) is 5.13. The van der Waals surface area contributed by atoms with Crippen LogP contribution < -0.4 is 10.2 Å². The first-order chi connectivity index (χ1) is 10.0. The van der Waals surface area contributed by atoms with E-state index in [0.29, 0.717) is 0 Å². The van der Waals surface area contributed by atoms with Gasteiger partial charge in [-0.05, 0) is 68.8 Å². The lowest BCUT2D eigenvalue weighted by molar-refractivity contribution is 0.321. The second kappa shape index (κ2) is 7.26. The molecule has 0 saturated heterocycles. The third-order valence-electron chi connectivity index (χ3n) is 4.64. The second-order valence-corrected chi connectivity index (χ2v) is 6.51. The zero-order valence-electron chi connectivity index (χ0n) is 13.9. The molecule has 0 heterocycles. The topological polar surface area (TPSA) is 15.3 Å². The number of hydrogen-bond acceptors (Lipinski definition) is 2. The molecule has 1 saturated carbocycles. The van der Waals surface area contributed by atoms with Crippen LogP contribution in [0.1, 0.15) is 56.7 Å². The Morgan fingerprint density at radius 1 is 1.38 bits per heavy atom. The van der Waals surface area contributed by atoms with Crippen LogP contribution in [0.4, 0.5) is 10.1 Å². The molecule has 3 heteroatoms. The fraction of sp³-hybridized carbons (Fsp3) is 0.667. The molecule has 1 aromatic rings. The third kappa shape index (κ3) is 3.97. The van der Waals surface area contributed by atoms with Gasteiger partial charge in [0.15, 0.2) is 0 Å². The second-order valence-electron chi connectivity index (χ2n) is 6.51. The lowest BCUT2D eigenvalue weighted by Crippen LogP contribution is -2.31. The first-order valence-corrected chi connectivity index (χ1v) is 8.27. The number of anilines is 1. The molecule has 1 aromatic carbocycles. The fourth-order valence-electron chi connectivity index (χ4n) is 2.99. The predicted octanol–water partition coefficient (Wildman–Crippen LogP) is 4.43. The molecule has 118 valence electrons. The zero-order chi connectivity index (χ0) is 15.4. The summed E-state index contributed by atoms with van der Waals surface area (Å²) in [6, 6.07) is 3.90. The fourth-order valence-corrected chi connectivity index (χ4v) is 2.99. The van der Waals surface area contributed by atoms with Gasteiger partial charge in [0.2, 0.25) is 0 Å². The number of rotatable bonds is 7. The smallest absolute Gasteiger partial charge is 0.126 e. The first-order valence-electron chi connectivity index (χ1n) is 8.27. The average molecular weight is 292 g/mol. The van der Waals surface area contributed by atoms with Crippen molar-refractivity contribution in [3.63, 3.8) is 0 Å². The van der Waals surface area contributed by atoms with E-state index in [1.807, 2.05) is 13.0 Å². The lowest BCUT2D eigenvalue weighted by atomic mass is 9.85. The van der Waals surface area contributed by atoms with E-state index in [9.17, 15) is 4.39 Å². The van der Waals surface area contributed by atoms with Gasteiger partial charge in [0.05, 0.1) is 0 Å². The van der Waals surface area contributed by atoms with Crippen molar-refractivity contribution in [3.05, 3.63) is 29.1 Å². The Bertz CT molecular complexity index is 469. The van der Waals surface area contributed by atoms with Gasteiger partial charge in [-0.15, -0.1) is 0 Å². The molecule has 0 aromatic heterocycles. The molecular weight excluding hydrogens is 263 g/mol. The quantitative estimate of drug-likeness (QED) is 0.799. The van der Waals surface area contributed by atoms with Crippen molar-refractivity contribution in [1.82, 2.24) is 5.32 Å². The van der Waals surface area contributed by atoms with Crippen LogP contribution in [0, 0.1) is 18.7 Å². The number of aryl methyl sites for hydroxylation is 1. The Balaban J connectivity index is 2.21. The predicted molar refractivity (Wildman–Crippen MR) is 88.5 cm³/mol. The van der Waals surface area contributed by atoms with Gasteiger partial charge < -0.3 is 10.2 Å². The zero-order valence-corrected chi connectivity index (χ0v) is 13.9. The first kappa shape index (κ1) is 16.3. The molecule has 2 nitrogen and oxygen atoms in total. The number of halogens is 1. The summed E-state index contributed by atoms with van der Waals surface area (Å²) in [4.78, 5) is 2.32. The van der Waals surface area contributed by atoms with Gasteiger partial charge in [-0.2, -0.15) is 0 Å². The molecule has 0 amide bonds. The molecule has 1 fully saturated rings. The van der Waals surface area contributed by atoms with E-state index >= 15 is 0 Å². The van der Waals surface area contributed by atoms with E-state index in [1.54, 1.807) is 6.07 Å². The van der Waals surface area contributed by atoms with Crippen LogP contribution in [-0.4, -0.2) is 20.1 Å². The van der Waals surface area contributed by atoms with Crippen molar-refractivity contribution in [2.75, 3.05) is 25.0 Å². The molecule has 1 aliphatic rings. The number of benzene rings is 1. The highest BCUT2D eigenvalue weighted by molar-refractivity contribution is 5.56. The highest BCUT2D eigenvalue weighted by Gasteiger charge is 2.22. The van der Waals surface area contributed by atoms with Crippen LogP contribution >= 0.6 is 0 Å². The summed E-state index contributed by atoms with van der Waals surface area (Å²) in [5.74, 6) is 0.711. The van der Waals surface area contributed by atoms with Gasteiger partial charge in [-0.25, -0.2) is 4.39 Å². The maximum Gasteiger partial charge on any atom is 0.126 e. The SMILES string of the molecule is CCCNC(C)c1cc(F)c(C)cc1N(C)CC1CCC1. The summed E-state index contributed by atoms with van der Waals surface area (Å²) in [5, 5.41) is 3.48. The number of hydrogen-bond donors (Lipinski definition) is 1.